The van der Waals surface area contributed by atoms with Gasteiger partial charge in [-0.2, -0.15) is 0 Å². The molecule has 0 unspecified atom stereocenters. The van der Waals surface area contributed by atoms with Gasteiger partial charge in [0.2, 0.25) is 5.95 Å². The van der Waals surface area contributed by atoms with Gasteiger partial charge in [0.1, 0.15) is 17.5 Å². The van der Waals surface area contributed by atoms with Crippen molar-refractivity contribution >= 4 is 17.0 Å². The van der Waals surface area contributed by atoms with Crippen molar-refractivity contribution in [3.05, 3.63) is 71.8 Å². The summed E-state index contributed by atoms with van der Waals surface area (Å²) in [6, 6.07) is 9.93. The summed E-state index contributed by atoms with van der Waals surface area (Å²) in [7, 11) is 0. The Morgan fingerprint density at radius 1 is 0.969 bits per heavy atom. The fourth-order valence-corrected chi connectivity index (χ4v) is 4.69. The van der Waals surface area contributed by atoms with Crippen molar-refractivity contribution < 1.29 is 13.5 Å². The van der Waals surface area contributed by atoms with Crippen LogP contribution in [0.3, 0.4) is 0 Å². The number of nitrogens with zero attached hydrogens (tertiary/aromatic N) is 5. The molecular formula is C24H21F2N5O. The van der Waals surface area contributed by atoms with Gasteiger partial charge in [0, 0.05) is 49.1 Å². The number of imidazole rings is 1. The molecule has 1 atom stereocenters. The average Bonchev–Trinajstić information content (AvgIpc) is 3.39. The summed E-state index contributed by atoms with van der Waals surface area (Å²) in [5.41, 5.74) is 3.57. The lowest BCUT2D eigenvalue weighted by Crippen LogP contribution is -2.37. The monoisotopic (exact) mass is 433 g/mol. The third-order valence-electron chi connectivity index (χ3n) is 6.30. The molecule has 0 saturated carbocycles. The fourth-order valence-electron chi connectivity index (χ4n) is 4.69. The second-order valence-corrected chi connectivity index (χ2v) is 8.20. The number of fused-ring (bicyclic) bond motifs is 3. The van der Waals surface area contributed by atoms with E-state index in [1.807, 2.05) is 18.2 Å². The molecule has 0 spiro atoms. The maximum absolute atomic E-state index is 15.0. The Morgan fingerprint density at radius 3 is 2.47 bits per heavy atom. The molecule has 0 amide bonds. The zero-order chi connectivity index (χ0) is 21.7. The minimum absolute atomic E-state index is 0.0499. The highest BCUT2D eigenvalue weighted by molar-refractivity contribution is 5.83. The molecule has 0 aliphatic carbocycles. The molecule has 4 heterocycles. The maximum atomic E-state index is 15.0. The molecule has 2 aromatic heterocycles. The average molecular weight is 433 g/mol. The summed E-state index contributed by atoms with van der Waals surface area (Å²) in [5.74, 6) is 0.938. The molecule has 4 aromatic rings. The van der Waals surface area contributed by atoms with E-state index in [9.17, 15) is 4.39 Å². The number of rotatable bonds is 3. The molecule has 8 heteroatoms. The second kappa shape index (κ2) is 7.63. The quantitative estimate of drug-likeness (QED) is 0.486. The Labute approximate surface area is 183 Å². The van der Waals surface area contributed by atoms with Gasteiger partial charge in [0.05, 0.1) is 30.3 Å². The van der Waals surface area contributed by atoms with E-state index >= 15 is 4.39 Å². The number of hydrogen-bond donors (Lipinski definition) is 0. The normalized spacial score (nSPS) is 18.3. The highest BCUT2D eigenvalue weighted by Crippen LogP contribution is 2.37. The number of aryl methyl sites for hydroxylation is 1. The first kappa shape index (κ1) is 19.3. The van der Waals surface area contributed by atoms with Gasteiger partial charge in [-0.3, -0.25) is 0 Å². The number of benzene rings is 2. The maximum Gasteiger partial charge on any atom is 0.225 e. The standard InChI is InChI=1S/C24H21F2N5O/c25-17-3-1-15(2-4-17)21-5-6-23-29-20-12-19(26)18(11-22(20)31(21)23)16-13-27-24(28-14-16)30-7-9-32-10-8-30/h1-4,11-14,21H,5-10H2/t21-/m0/s1. The van der Waals surface area contributed by atoms with Gasteiger partial charge in [-0.15, -0.1) is 0 Å². The number of morpholine rings is 1. The minimum atomic E-state index is -0.352. The van der Waals surface area contributed by atoms with Crippen LogP contribution in [0.15, 0.2) is 48.8 Å². The minimum Gasteiger partial charge on any atom is -0.378 e. The Hall–Kier alpha value is -3.39. The van der Waals surface area contributed by atoms with E-state index in [-0.39, 0.29) is 17.7 Å². The lowest BCUT2D eigenvalue weighted by molar-refractivity contribution is 0.122. The number of halogens is 2. The Morgan fingerprint density at radius 2 is 1.72 bits per heavy atom. The smallest absolute Gasteiger partial charge is 0.225 e. The van der Waals surface area contributed by atoms with Crippen LogP contribution in [0.5, 0.6) is 0 Å². The second-order valence-electron chi connectivity index (χ2n) is 8.20. The molecule has 2 aromatic carbocycles. The Bertz CT molecular complexity index is 1280. The first-order valence-corrected chi connectivity index (χ1v) is 10.8. The van der Waals surface area contributed by atoms with Crippen LogP contribution in [0, 0.1) is 11.6 Å². The predicted molar refractivity (Wildman–Crippen MR) is 117 cm³/mol. The van der Waals surface area contributed by atoms with Crippen molar-refractivity contribution in [1.29, 1.82) is 0 Å². The molecule has 0 bridgehead atoms. The number of anilines is 1. The molecule has 6 rings (SSSR count). The third-order valence-corrected chi connectivity index (χ3v) is 6.30. The number of aromatic nitrogens is 4. The van der Waals surface area contributed by atoms with Crippen molar-refractivity contribution in [3.63, 3.8) is 0 Å². The van der Waals surface area contributed by atoms with Gasteiger partial charge >= 0.3 is 0 Å². The van der Waals surface area contributed by atoms with E-state index in [0.29, 0.717) is 35.8 Å². The SMILES string of the molecule is Fc1ccc([C@@H]2CCc3nc4cc(F)c(-c5cnc(N6CCOCC6)nc5)cc4n32)cc1. The topological polar surface area (TPSA) is 56.1 Å². The first-order chi connectivity index (χ1) is 15.7. The summed E-state index contributed by atoms with van der Waals surface area (Å²) >= 11 is 0. The van der Waals surface area contributed by atoms with Crippen LogP contribution < -0.4 is 4.90 Å². The molecule has 0 radical (unpaired) electrons. The number of ether oxygens (including phenoxy) is 1. The van der Waals surface area contributed by atoms with E-state index in [1.54, 1.807) is 12.4 Å². The molecule has 162 valence electrons. The zero-order valence-electron chi connectivity index (χ0n) is 17.3. The number of hydrogen-bond acceptors (Lipinski definition) is 5. The van der Waals surface area contributed by atoms with Crippen molar-refractivity contribution in [1.82, 2.24) is 19.5 Å². The molecule has 32 heavy (non-hydrogen) atoms. The van der Waals surface area contributed by atoms with Gasteiger partial charge in [-0.05, 0) is 30.2 Å². The third kappa shape index (κ3) is 3.22. The summed E-state index contributed by atoms with van der Waals surface area (Å²) in [4.78, 5) is 15.6. The molecule has 0 N–H and O–H groups in total. The van der Waals surface area contributed by atoms with Crippen LogP contribution in [0.25, 0.3) is 22.2 Å². The molecule has 2 aliphatic heterocycles. The summed E-state index contributed by atoms with van der Waals surface area (Å²) in [6.07, 6.45) is 5.01. The van der Waals surface area contributed by atoms with Crippen LogP contribution in [0.2, 0.25) is 0 Å². The van der Waals surface area contributed by atoms with Crippen LogP contribution in [-0.4, -0.2) is 45.8 Å². The van der Waals surface area contributed by atoms with Gasteiger partial charge in [0.25, 0.3) is 0 Å². The molecule has 1 fully saturated rings. The highest BCUT2D eigenvalue weighted by Gasteiger charge is 2.28. The Kier molecular flexibility index (Phi) is 4.61. The molecule has 6 nitrogen and oxygen atoms in total. The van der Waals surface area contributed by atoms with Crippen LogP contribution in [-0.2, 0) is 11.2 Å². The molecular weight excluding hydrogens is 412 g/mol. The Balaban J connectivity index is 1.39. The predicted octanol–water partition coefficient (Wildman–Crippen LogP) is 4.14. The van der Waals surface area contributed by atoms with Crippen molar-refractivity contribution in [2.75, 3.05) is 31.2 Å². The van der Waals surface area contributed by atoms with E-state index < -0.39 is 0 Å². The highest BCUT2D eigenvalue weighted by atomic mass is 19.1. The molecule has 2 aliphatic rings. The van der Waals surface area contributed by atoms with Gasteiger partial charge in [0.15, 0.2) is 0 Å². The first-order valence-electron chi connectivity index (χ1n) is 10.8. The van der Waals surface area contributed by atoms with E-state index in [4.69, 9.17) is 4.74 Å². The van der Waals surface area contributed by atoms with Crippen LogP contribution in [0.1, 0.15) is 23.9 Å². The van der Waals surface area contributed by atoms with Gasteiger partial charge < -0.3 is 14.2 Å². The van der Waals surface area contributed by atoms with Crippen molar-refractivity contribution in [2.24, 2.45) is 0 Å². The summed E-state index contributed by atoms with van der Waals surface area (Å²) in [5, 5.41) is 0. The van der Waals surface area contributed by atoms with Gasteiger partial charge in [-0.25, -0.2) is 23.7 Å². The van der Waals surface area contributed by atoms with Crippen LogP contribution in [0.4, 0.5) is 14.7 Å². The van der Waals surface area contributed by atoms with Crippen molar-refractivity contribution in [3.8, 4) is 11.1 Å². The summed E-state index contributed by atoms with van der Waals surface area (Å²) in [6.45, 7) is 2.79. The van der Waals surface area contributed by atoms with Crippen LogP contribution >= 0.6 is 0 Å². The molecule has 1 saturated heterocycles. The van der Waals surface area contributed by atoms with E-state index in [2.05, 4.69) is 24.4 Å². The lowest BCUT2D eigenvalue weighted by atomic mass is 10.0. The van der Waals surface area contributed by atoms with E-state index in [0.717, 1.165) is 42.8 Å². The lowest BCUT2D eigenvalue weighted by Gasteiger charge is -2.26. The summed E-state index contributed by atoms with van der Waals surface area (Å²) < 4.78 is 35.9. The van der Waals surface area contributed by atoms with E-state index in [1.165, 1.54) is 18.2 Å². The van der Waals surface area contributed by atoms with Gasteiger partial charge in [-0.1, -0.05) is 12.1 Å². The fraction of sp³-hybridized carbons (Fsp3) is 0.292. The van der Waals surface area contributed by atoms with Crippen molar-refractivity contribution in [2.45, 2.75) is 18.9 Å². The largest absolute Gasteiger partial charge is 0.378 e. The zero-order valence-corrected chi connectivity index (χ0v) is 17.3.